The largest absolute Gasteiger partial charge is 0.435 e. The summed E-state index contributed by atoms with van der Waals surface area (Å²) < 4.78 is 41.8. The molecular formula is C17H12ClF3N6. The van der Waals surface area contributed by atoms with Crippen LogP contribution in [0, 0.1) is 0 Å². The SMILES string of the molecule is FC(F)(F)c1nc2cnccn2c1C1N=CCC(Nc2ccc(Cl)cc2)=N1. The fourth-order valence-corrected chi connectivity index (χ4v) is 2.89. The molecule has 0 amide bonds. The molecule has 0 fully saturated rings. The van der Waals surface area contributed by atoms with Gasteiger partial charge in [0.15, 0.2) is 17.5 Å². The van der Waals surface area contributed by atoms with Crippen molar-refractivity contribution in [1.82, 2.24) is 14.4 Å². The fraction of sp³-hybridized carbons (Fsp3) is 0.176. The van der Waals surface area contributed by atoms with Gasteiger partial charge in [-0.2, -0.15) is 13.2 Å². The highest BCUT2D eigenvalue weighted by Gasteiger charge is 2.40. The Morgan fingerprint density at radius 1 is 1.19 bits per heavy atom. The highest BCUT2D eigenvalue weighted by Crippen LogP contribution is 2.36. The highest BCUT2D eigenvalue weighted by molar-refractivity contribution is 6.30. The molecule has 3 heterocycles. The van der Waals surface area contributed by atoms with Gasteiger partial charge in [0.2, 0.25) is 0 Å². The lowest BCUT2D eigenvalue weighted by Gasteiger charge is -2.18. The Morgan fingerprint density at radius 3 is 2.70 bits per heavy atom. The minimum absolute atomic E-state index is 0.0861. The number of benzene rings is 1. The molecule has 0 saturated heterocycles. The van der Waals surface area contributed by atoms with Crippen LogP contribution >= 0.6 is 11.6 Å². The molecular weight excluding hydrogens is 381 g/mol. The molecule has 1 aliphatic heterocycles. The average molecular weight is 393 g/mol. The summed E-state index contributed by atoms with van der Waals surface area (Å²) in [5.74, 6) is 0.495. The van der Waals surface area contributed by atoms with Crippen molar-refractivity contribution in [3.8, 4) is 0 Å². The number of fused-ring (bicyclic) bond motifs is 1. The number of alkyl halides is 3. The predicted molar refractivity (Wildman–Crippen MR) is 96.3 cm³/mol. The normalized spacial score (nSPS) is 17.2. The van der Waals surface area contributed by atoms with Gasteiger partial charge in [-0.1, -0.05) is 11.6 Å². The summed E-state index contributed by atoms with van der Waals surface area (Å²) in [5.41, 5.74) is -0.353. The molecule has 138 valence electrons. The molecule has 1 unspecified atom stereocenters. The van der Waals surface area contributed by atoms with Crippen LogP contribution in [-0.4, -0.2) is 26.4 Å². The van der Waals surface area contributed by atoms with E-state index in [9.17, 15) is 13.2 Å². The number of imidazole rings is 1. The van der Waals surface area contributed by atoms with E-state index in [1.165, 1.54) is 29.2 Å². The van der Waals surface area contributed by atoms with E-state index < -0.39 is 18.0 Å². The summed E-state index contributed by atoms with van der Waals surface area (Å²) in [7, 11) is 0. The Hall–Kier alpha value is -2.94. The number of amidine groups is 1. The van der Waals surface area contributed by atoms with E-state index in [0.717, 1.165) is 5.69 Å². The molecule has 0 bridgehead atoms. The van der Waals surface area contributed by atoms with Crippen LogP contribution < -0.4 is 5.32 Å². The number of hydrogen-bond acceptors (Lipinski definition) is 5. The molecule has 0 radical (unpaired) electrons. The van der Waals surface area contributed by atoms with Crippen LogP contribution in [0.5, 0.6) is 0 Å². The van der Waals surface area contributed by atoms with Crippen molar-refractivity contribution >= 4 is 35.0 Å². The Kier molecular flexibility index (Phi) is 4.31. The van der Waals surface area contributed by atoms with Gasteiger partial charge in [-0.15, -0.1) is 0 Å². The molecule has 0 spiro atoms. The quantitative estimate of drug-likeness (QED) is 0.703. The zero-order valence-electron chi connectivity index (χ0n) is 13.7. The van der Waals surface area contributed by atoms with Gasteiger partial charge in [-0.3, -0.25) is 14.4 Å². The van der Waals surface area contributed by atoms with Gasteiger partial charge in [0.1, 0.15) is 11.5 Å². The highest BCUT2D eigenvalue weighted by atomic mass is 35.5. The van der Waals surface area contributed by atoms with E-state index >= 15 is 0 Å². The van der Waals surface area contributed by atoms with Crippen molar-refractivity contribution in [1.29, 1.82) is 0 Å². The van der Waals surface area contributed by atoms with E-state index in [4.69, 9.17) is 11.6 Å². The van der Waals surface area contributed by atoms with Gasteiger partial charge in [-0.25, -0.2) is 9.98 Å². The van der Waals surface area contributed by atoms with Crippen LogP contribution in [0.2, 0.25) is 5.02 Å². The second-order valence-corrected chi connectivity index (χ2v) is 6.20. The van der Waals surface area contributed by atoms with Crippen LogP contribution in [0.15, 0.2) is 52.8 Å². The number of anilines is 1. The van der Waals surface area contributed by atoms with Crippen LogP contribution in [-0.2, 0) is 6.18 Å². The van der Waals surface area contributed by atoms with Crippen molar-refractivity contribution in [3.63, 3.8) is 0 Å². The minimum Gasteiger partial charge on any atom is -0.344 e. The van der Waals surface area contributed by atoms with Crippen LogP contribution in [0.3, 0.4) is 0 Å². The summed E-state index contributed by atoms with van der Waals surface area (Å²) in [6.45, 7) is 0. The van der Waals surface area contributed by atoms with E-state index in [2.05, 4.69) is 25.3 Å². The summed E-state index contributed by atoms with van der Waals surface area (Å²) in [6, 6.07) is 6.93. The number of hydrogen-bond donors (Lipinski definition) is 1. The number of rotatable bonds is 2. The lowest BCUT2D eigenvalue weighted by atomic mass is 10.2. The number of nitrogens with zero attached hydrogens (tertiary/aromatic N) is 5. The Morgan fingerprint density at radius 2 is 1.96 bits per heavy atom. The molecule has 0 saturated carbocycles. The molecule has 1 N–H and O–H groups in total. The molecule has 0 aliphatic carbocycles. The summed E-state index contributed by atoms with van der Waals surface area (Å²) in [4.78, 5) is 16.0. The summed E-state index contributed by atoms with van der Waals surface area (Å²) in [5, 5.41) is 3.67. The van der Waals surface area contributed by atoms with Gasteiger partial charge >= 0.3 is 6.18 Å². The van der Waals surface area contributed by atoms with E-state index in [1.54, 1.807) is 24.3 Å². The topological polar surface area (TPSA) is 66.9 Å². The van der Waals surface area contributed by atoms with E-state index in [1.807, 2.05) is 0 Å². The lowest BCUT2D eigenvalue weighted by molar-refractivity contribution is -0.141. The Bertz CT molecular complexity index is 1040. The van der Waals surface area contributed by atoms with Gasteiger partial charge in [0.25, 0.3) is 0 Å². The van der Waals surface area contributed by atoms with E-state index in [-0.39, 0.29) is 11.3 Å². The average Bonchev–Trinajstić information content (AvgIpc) is 3.04. The first kappa shape index (κ1) is 17.5. The maximum atomic E-state index is 13.5. The first-order chi connectivity index (χ1) is 12.9. The second-order valence-electron chi connectivity index (χ2n) is 5.77. The maximum absolute atomic E-state index is 13.5. The van der Waals surface area contributed by atoms with Gasteiger partial charge in [0, 0.05) is 35.7 Å². The molecule has 2 aromatic heterocycles. The maximum Gasteiger partial charge on any atom is 0.435 e. The van der Waals surface area contributed by atoms with Crippen molar-refractivity contribution in [2.75, 3.05) is 5.32 Å². The molecule has 6 nitrogen and oxygen atoms in total. The smallest absolute Gasteiger partial charge is 0.344 e. The third kappa shape index (κ3) is 3.50. The molecule has 1 atom stereocenters. The molecule has 3 aromatic rings. The number of aliphatic imine (C=N–C) groups is 2. The summed E-state index contributed by atoms with van der Waals surface area (Å²) >= 11 is 5.86. The molecule has 10 heteroatoms. The van der Waals surface area contributed by atoms with Crippen LogP contribution in [0.4, 0.5) is 18.9 Å². The first-order valence-electron chi connectivity index (χ1n) is 7.92. The third-order valence-corrected chi connectivity index (χ3v) is 4.17. The monoisotopic (exact) mass is 392 g/mol. The fourth-order valence-electron chi connectivity index (χ4n) is 2.77. The van der Waals surface area contributed by atoms with Crippen molar-refractivity contribution in [2.24, 2.45) is 9.98 Å². The predicted octanol–water partition coefficient (Wildman–Crippen LogP) is 4.39. The van der Waals surface area contributed by atoms with Crippen molar-refractivity contribution in [3.05, 3.63) is 59.3 Å². The minimum atomic E-state index is -4.63. The third-order valence-electron chi connectivity index (χ3n) is 3.92. The molecule has 1 aromatic carbocycles. The Labute approximate surface area is 156 Å². The summed E-state index contributed by atoms with van der Waals surface area (Å²) in [6.07, 6.45) is 0.285. The Balaban J connectivity index is 1.74. The number of halogens is 4. The zero-order valence-corrected chi connectivity index (χ0v) is 14.4. The van der Waals surface area contributed by atoms with E-state index in [0.29, 0.717) is 17.3 Å². The number of aromatic nitrogens is 3. The zero-order chi connectivity index (χ0) is 19.0. The van der Waals surface area contributed by atoms with Crippen LogP contribution in [0.25, 0.3) is 5.65 Å². The second kappa shape index (κ2) is 6.66. The van der Waals surface area contributed by atoms with Gasteiger partial charge in [-0.05, 0) is 24.3 Å². The number of nitrogens with one attached hydrogen (secondary N) is 1. The van der Waals surface area contributed by atoms with Crippen molar-refractivity contribution < 1.29 is 13.2 Å². The van der Waals surface area contributed by atoms with Gasteiger partial charge in [0.05, 0.1) is 6.20 Å². The van der Waals surface area contributed by atoms with Crippen LogP contribution in [0.1, 0.15) is 24.0 Å². The molecule has 4 rings (SSSR count). The molecule has 1 aliphatic rings. The van der Waals surface area contributed by atoms with Crippen molar-refractivity contribution in [2.45, 2.75) is 18.8 Å². The lowest BCUT2D eigenvalue weighted by Crippen LogP contribution is -2.20. The van der Waals surface area contributed by atoms with Gasteiger partial charge < -0.3 is 5.32 Å². The first-order valence-corrected chi connectivity index (χ1v) is 8.29. The standard InChI is InChI=1S/C17H12ClF3N6/c18-10-1-3-11(4-2-10)24-12-5-6-23-16(25-12)14-15(17(19,20)21)26-13-9-22-7-8-27(13)14/h1-4,6-9,16H,5H2,(H,24,25). The molecule has 27 heavy (non-hydrogen) atoms.